The third-order valence-corrected chi connectivity index (χ3v) is 6.18. The van der Waals surface area contributed by atoms with E-state index in [1.807, 2.05) is 0 Å². The third kappa shape index (κ3) is 4.24. The van der Waals surface area contributed by atoms with Crippen molar-refractivity contribution >= 4 is 5.91 Å². The lowest BCUT2D eigenvalue weighted by molar-refractivity contribution is -0.131. The van der Waals surface area contributed by atoms with Gasteiger partial charge in [-0.15, -0.1) is 0 Å². The molecule has 1 saturated carbocycles. The van der Waals surface area contributed by atoms with Crippen LogP contribution in [0, 0.1) is 11.8 Å². The molecule has 0 spiro atoms. The summed E-state index contributed by atoms with van der Waals surface area (Å²) in [5.41, 5.74) is 0. The Morgan fingerprint density at radius 2 is 1.77 bits per heavy atom. The minimum atomic E-state index is 0.429. The molecule has 22 heavy (non-hydrogen) atoms. The molecule has 2 atom stereocenters. The van der Waals surface area contributed by atoms with E-state index >= 15 is 0 Å². The van der Waals surface area contributed by atoms with Crippen LogP contribution >= 0.6 is 0 Å². The maximum Gasteiger partial charge on any atom is 0.222 e. The second-order valence-electron chi connectivity index (χ2n) is 8.07. The number of likely N-dealkylation sites (tertiary alicyclic amines) is 2. The summed E-state index contributed by atoms with van der Waals surface area (Å²) in [6.07, 6.45) is 12.6. The zero-order valence-electron chi connectivity index (χ0n) is 14.4. The summed E-state index contributed by atoms with van der Waals surface area (Å²) in [5, 5.41) is 0. The summed E-state index contributed by atoms with van der Waals surface area (Å²) >= 11 is 0. The second kappa shape index (κ2) is 7.81. The van der Waals surface area contributed by atoms with Crippen LogP contribution in [0.15, 0.2) is 0 Å². The molecular weight excluding hydrogens is 272 g/mol. The SMILES string of the molecule is C[C@@H]1CCCN([C@@H]2CCC(=O)N(CC3CCCCC3)CC2)C1. The van der Waals surface area contributed by atoms with Crippen LogP contribution in [0.4, 0.5) is 0 Å². The van der Waals surface area contributed by atoms with E-state index < -0.39 is 0 Å². The van der Waals surface area contributed by atoms with Gasteiger partial charge in [-0.25, -0.2) is 0 Å². The van der Waals surface area contributed by atoms with Gasteiger partial charge in [0.15, 0.2) is 0 Å². The average molecular weight is 306 g/mol. The van der Waals surface area contributed by atoms with Crippen molar-refractivity contribution in [3.8, 4) is 0 Å². The molecule has 1 aliphatic carbocycles. The van der Waals surface area contributed by atoms with E-state index in [1.165, 1.54) is 64.5 Å². The molecule has 0 aromatic rings. The fraction of sp³-hybridized carbons (Fsp3) is 0.947. The highest BCUT2D eigenvalue weighted by atomic mass is 16.2. The van der Waals surface area contributed by atoms with Crippen molar-refractivity contribution in [1.82, 2.24) is 9.80 Å². The molecule has 0 bridgehead atoms. The Kier molecular flexibility index (Phi) is 5.78. The minimum absolute atomic E-state index is 0.429. The first kappa shape index (κ1) is 16.3. The van der Waals surface area contributed by atoms with Crippen LogP contribution in [-0.2, 0) is 4.79 Å². The molecule has 2 heterocycles. The van der Waals surface area contributed by atoms with Gasteiger partial charge in [-0.1, -0.05) is 26.2 Å². The van der Waals surface area contributed by atoms with E-state index in [2.05, 4.69) is 16.7 Å². The number of carbonyl (C=O) groups excluding carboxylic acids is 1. The van der Waals surface area contributed by atoms with Crippen molar-refractivity contribution in [3.63, 3.8) is 0 Å². The summed E-state index contributed by atoms with van der Waals surface area (Å²) in [5.74, 6) is 2.05. The summed E-state index contributed by atoms with van der Waals surface area (Å²) in [4.78, 5) is 17.4. The molecule has 0 unspecified atom stereocenters. The first-order valence-corrected chi connectivity index (χ1v) is 9.74. The molecule has 3 heteroatoms. The predicted molar refractivity (Wildman–Crippen MR) is 90.8 cm³/mol. The molecule has 0 aromatic carbocycles. The van der Waals surface area contributed by atoms with Crippen LogP contribution in [0.5, 0.6) is 0 Å². The lowest BCUT2D eigenvalue weighted by Gasteiger charge is -2.37. The van der Waals surface area contributed by atoms with E-state index in [4.69, 9.17) is 0 Å². The maximum absolute atomic E-state index is 12.5. The Morgan fingerprint density at radius 3 is 2.55 bits per heavy atom. The normalized spacial score (nSPS) is 33.0. The molecule has 3 fully saturated rings. The molecule has 0 N–H and O–H groups in total. The third-order valence-electron chi connectivity index (χ3n) is 6.18. The van der Waals surface area contributed by atoms with Crippen LogP contribution < -0.4 is 0 Å². The molecule has 2 aliphatic heterocycles. The Labute approximate surface area is 136 Å². The fourth-order valence-electron chi connectivity index (χ4n) is 4.82. The Morgan fingerprint density at radius 1 is 0.955 bits per heavy atom. The second-order valence-corrected chi connectivity index (χ2v) is 8.07. The number of piperidine rings is 1. The van der Waals surface area contributed by atoms with Gasteiger partial charge < -0.3 is 9.80 Å². The average Bonchev–Trinajstić information content (AvgIpc) is 2.71. The monoisotopic (exact) mass is 306 g/mol. The van der Waals surface area contributed by atoms with Crippen LogP contribution in [-0.4, -0.2) is 47.9 Å². The van der Waals surface area contributed by atoms with Gasteiger partial charge in [-0.2, -0.15) is 0 Å². The summed E-state index contributed by atoms with van der Waals surface area (Å²) in [7, 11) is 0. The van der Waals surface area contributed by atoms with Crippen LogP contribution in [0.3, 0.4) is 0 Å². The van der Waals surface area contributed by atoms with Gasteiger partial charge in [0.25, 0.3) is 0 Å². The molecular formula is C19H34N2O. The van der Waals surface area contributed by atoms with Gasteiger partial charge in [-0.3, -0.25) is 4.79 Å². The number of amides is 1. The van der Waals surface area contributed by atoms with Crippen molar-refractivity contribution in [2.45, 2.75) is 77.2 Å². The molecule has 3 rings (SSSR count). The summed E-state index contributed by atoms with van der Waals surface area (Å²) in [6.45, 7) is 6.93. The molecule has 0 aromatic heterocycles. The fourth-order valence-corrected chi connectivity index (χ4v) is 4.82. The number of nitrogens with zero attached hydrogens (tertiary/aromatic N) is 2. The number of carbonyl (C=O) groups is 1. The van der Waals surface area contributed by atoms with Gasteiger partial charge in [0.05, 0.1) is 0 Å². The Bertz CT molecular complexity index is 364. The lowest BCUT2D eigenvalue weighted by Crippen LogP contribution is -2.42. The highest BCUT2D eigenvalue weighted by Crippen LogP contribution is 2.27. The molecule has 1 amide bonds. The van der Waals surface area contributed by atoms with Gasteiger partial charge >= 0.3 is 0 Å². The highest BCUT2D eigenvalue weighted by molar-refractivity contribution is 5.76. The van der Waals surface area contributed by atoms with Gasteiger partial charge in [-0.05, 0) is 56.9 Å². The number of rotatable bonds is 3. The number of hydrogen-bond donors (Lipinski definition) is 0. The highest BCUT2D eigenvalue weighted by Gasteiger charge is 2.29. The standard InChI is InChI=1S/C19H34N2O/c1-16-6-5-12-20(14-16)18-9-10-19(22)21(13-11-18)15-17-7-3-2-4-8-17/h16-18H,2-15H2,1H3/t16-,18-/m1/s1. The van der Waals surface area contributed by atoms with Crippen LogP contribution in [0.1, 0.15) is 71.1 Å². The predicted octanol–water partition coefficient (Wildman–Crippen LogP) is 3.68. The van der Waals surface area contributed by atoms with Crippen molar-refractivity contribution in [3.05, 3.63) is 0 Å². The molecule has 3 nitrogen and oxygen atoms in total. The van der Waals surface area contributed by atoms with Crippen molar-refractivity contribution in [2.24, 2.45) is 11.8 Å². The minimum Gasteiger partial charge on any atom is -0.342 e. The summed E-state index contributed by atoms with van der Waals surface area (Å²) in [6, 6.07) is 0.656. The number of hydrogen-bond acceptors (Lipinski definition) is 2. The smallest absolute Gasteiger partial charge is 0.222 e. The van der Waals surface area contributed by atoms with E-state index in [0.29, 0.717) is 11.9 Å². The lowest BCUT2D eigenvalue weighted by atomic mass is 9.89. The maximum atomic E-state index is 12.5. The topological polar surface area (TPSA) is 23.6 Å². The largest absolute Gasteiger partial charge is 0.342 e. The van der Waals surface area contributed by atoms with E-state index in [0.717, 1.165) is 37.8 Å². The quantitative estimate of drug-likeness (QED) is 0.794. The van der Waals surface area contributed by atoms with Gasteiger partial charge in [0.1, 0.15) is 0 Å². The zero-order chi connectivity index (χ0) is 15.4. The zero-order valence-corrected chi connectivity index (χ0v) is 14.4. The Hall–Kier alpha value is -0.570. The molecule has 126 valence electrons. The molecule has 2 saturated heterocycles. The van der Waals surface area contributed by atoms with E-state index in [-0.39, 0.29) is 0 Å². The summed E-state index contributed by atoms with van der Waals surface area (Å²) < 4.78 is 0. The van der Waals surface area contributed by atoms with Crippen molar-refractivity contribution in [1.29, 1.82) is 0 Å². The van der Waals surface area contributed by atoms with E-state index in [9.17, 15) is 4.79 Å². The van der Waals surface area contributed by atoms with Crippen LogP contribution in [0.2, 0.25) is 0 Å². The van der Waals surface area contributed by atoms with E-state index in [1.54, 1.807) is 0 Å². The van der Waals surface area contributed by atoms with Crippen molar-refractivity contribution in [2.75, 3.05) is 26.2 Å². The Balaban J connectivity index is 1.52. The first-order valence-electron chi connectivity index (χ1n) is 9.74. The van der Waals surface area contributed by atoms with Gasteiger partial charge in [0.2, 0.25) is 5.91 Å². The molecule has 3 aliphatic rings. The van der Waals surface area contributed by atoms with Gasteiger partial charge in [0, 0.05) is 32.1 Å². The van der Waals surface area contributed by atoms with Crippen molar-refractivity contribution < 1.29 is 4.79 Å². The molecule has 0 radical (unpaired) electrons. The van der Waals surface area contributed by atoms with Crippen LogP contribution in [0.25, 0.3) is 0 Å². The first-order chi connectivity index (χ1) is 10.7.